The number of benzene rings is 1. The van der Waals surface area contributed by atoms with Crippen LogP contribution in [0.2, 0.25) is 0 Å². The van der Waals surface area contributed by atoms with E-state index in [1.54, 1.807) is 14.2 Å². The summed E-state index contributed by atoms with van der Waals surface area (Å²) < 4.78 is 11.1. The van der Waals surface area contributed by atoms with Crippen LogP contribution in [-0.2, 0) is 9.47 Å². The molecule has 0 saturated carbocycles. The topological polar surface area (TPSA) is 54.3 Å². The molecule has 1 aromatic carbocycles. The largest absolute Gasteiger partial charge is 0.370 e. The van der Waals surface area contributed by atoms with Gasteiger partial charge in [0.05, 0.1) is 6.07 Å². The zero-order chi connectivity index (χ0) is 12.7. The number of ether oxygens (including phenoxy) is 2. The Morgan fingerprint density at radius 3 is 2.65 bits per heavy atom. The Hall–Kier alpha value is -1.09. The molecule has 4 nitrogen and oxygen atoms in total. The molecule has 0 aliphatic rings. The summed E-state index contributed by atoms with van der Waals surface area (Å²) >= 11 is 3.38. The lowest BCUT2D eigenvalue weighted by Crippen LogP contribution is -2.26. The van der Waals surface area contributed by atoms with Gasteiger partial charge in [-0.25, -0.2) is 0 Å². The van der Waals surface area contributed by atoms with Crippen molar-refractivity contribution in [1.82, 2.24) is 0 Å². The molecule has 5 heteroatoms. The van der Waals surface area contributed by atoms with E-state index < -0.39 is 0 Å². The van der Waals surface area contributed by atoms with E-state index in [0.29, 0.717) is 6.42 Å². The Bertz CT molecular complexity index is 388. The van der Waals surface area contributed by atoms with Crippen molar-refractivity contribution < 1.29 is 9.47 Å². The first-order valence-electron chi connectivity index (χ1n) is 5.17. The van der Waals surface area contributed by atoms with Crippen LogP contribution in [0.3, 0.4) is 0 Å². The van der Waals surface area contributed by atoms with E-state index in [1.165, 1.54) is 0 Å². The van der Waals surface area contributed by atoms with E-state index in [-0.39, 0.29) is 12.3 Å². The third kappa shape index (κ3) is 4.73. The van der Waals surface area contributed by atoms with Crippen molar-refractivity contribution in [2.24, 2.45) is 0 Å². The van der Waals surface area contributed by atoms with Gasteiger partial charge in [-0.05, 0) is 18.2 Å². The predicted octanol–water partition coefficient (Wildman–Crippen LogP) is 2.76. The van der Waals surface area contributed by atoms with E-state index in [9.17, 15) is 0 Å². The molecular weight excluding hydrogens is 284 g/mol. The molecule has 0 bridgehead atoms. The number of halogens is 1. The van der Waals surface area contributed by atoms with Crippen LogP contribution in [0.4, 0.5) is 5.69 Å². The number of nitriles is 1. The number of anilines is 1. The highest BCUT2D eigenvalue weighted by molar-refractivity contribution is 9.10. The zero-order valence-electron chi connectivity index (χ0n) is 9.81. The van der Waals surface area contributed by atoms with Gasteiger partial charge in [0.15, 0.2) is 6.29 Å². The van der Waals surface area contributed by atoms with Crippen LogP contribution < -0.4 is 5.32 Å². The normalized spacial score (nSPS) is 12.2. The van der Waals surface area contributed by atoms with E-state index in [2.05, 4.69) is 27.3 Å². The summed E-state index contributed by atoms with van der Waals surface area (Å²) in [6.45, 7) is 0. The van der Waals surface area contributed by atoms with Gasteiger partial charge in [-0.2, -0.15) is 5.26 Å². The number of rotatable bonds is 6. The van der Waals surface area contributed by atoms with Crippen LogP contribution in [0, 0.1) is 11.3 Å². The molecule has 1 aromatic rings. The van der Waals surface area contributed by atoms with Gasteiger partial charge < -0.3 is 14.8 Å². The summed E-state index contributed by atoms with van der Waals surface area (Å²) in [5.41, 5.74) is 0.886. The lowest BCUT2D eigenvalue weighted by Gasteiger charge is -2.18. The Balaban J connectivity index is 2.61. The standard InChI is InChI=1S/C12H15BrN2O2/c1-16-12(17-2)7-11(8-14)15-10-5-3-4-9(13)6-10/h3-6,11-12,15H,7H2,1-2H3. The maximum atomic E-state index is 9.06. The molecule has 17 heavy (non-hydrogen) atoms. The number of nitrogens with zero attached hydrogens (tertiary/aromatic N) is 1. The summed E-state index contributed by atoms with van der Waals surface area (Å²) in [7, 11) is 3.11. The second-order valence-corrected chi connectivity index (χ2v) is 4.39. The molecule has 0 aromatic heterocycles. The van der Waals surface area contributed by atoms with Crippen LogP contribution in [0.15, 0.2) is 28.7 Å². The second kappa shape index (κ2) is 7.28. The third-order valence-corrected chi connectivity index (χ3v) is 2.77. The third-order valence-electron chi connectivity index (χ3n) is 2.28. The SMILES string of the molecule is COC(CC(C#N)Nc1cccc(Br)c1)OC. The summed E-state index contributed by atoms with van der Waals surface area (Å²) in [4.78, 5) is 0. The number of hydrogen-bond donors (Lipinski definition) is 1. The molecule has 0 spiro atoms. The number of hydrogen-bond acceptors (Lipinski definition) is 4. The van der Waals surface area contributed by atoms with Gasteiger partial charge in [0, 0.05) is 30.8 Å². The minimum atomic E-state index is -0.376. The van der Waals surface area contributed by atoms with Gasteiger partial charge in [-0.1, -0.05) is 22.0 Å². The Morgan fingerprint density at radius 1 is 1.41 bits per heavy atom. The van der Waals surface area contributed by atoms with Gasteiger partial charge in [-0.3, -0.25) is 0 Å². The van der Waals surface area contributed by atoms with Crippen LogP contribution in [0.1, 0.15) is 6.42 Å². The Morgan fingerprint density at radius 2 is 2.12 bits per heavy atom. The van der Waals surface area contributed by atoms with Crippen molar-refractivity contribution in [2.45, 2.75) is 18.8 Å². The van der Waals surface area contributed by atoms with Crippen LogP contribution in [-0.4, -0.2) is 26.6 Å². The fourth-order valence-electron chi connectivity index (χ4n) is 1.40. The summed E-state index contributed by atoms with van der Waals surface area (Å²) in [6, 6.07) is 9.49. The maximum absolute atomic E-state index is 9.06. The summed E-state index contributed by atoms with van der Waals surface area (Å²) in [6.07, 6.45) is 0.0926. The van der Waals surface area contributed by atoms with Crippen molar-refractivity contribution in [2.75, 3.05) is 19.5 Å². The highest BCUT2D eigenvalue weighted by atomic mass is 79.9. The monoisotopic (exact) mass is 298 g/mol. The summed E-state index contributed by atoms with van der Waals surface area (Å²) in [5, 5.41) is 12.2. The van der Waals surface area contributed by atoms with E-state index in [0.717, 1.165) is 10.2 Å². The Labute approximate surface area is 110 Å². The van der Waals surface area contributed by atoms with Crippen LogP contribution >= 0.6 is 15.9 Å². The van der Waals surface area contributed by atoms with Gasteiger partial charge in [0.2, 0.25) is 0 Å². The van der Waals surface area contributed by atoms with Gasteiger partial charge >= 0.3 is 0 Å². The Kier molecular flexibility index (Phi) is 5.98. The van der Waals surface area contributed by atoms with Crippen molar-refractivity contribution in [3.8, 4) is 6.07 Å². The van der Waals surface area contributed by atoms with Gasteiger partial charge in [0.1, 0.15) is 6.04 Å². The smallest absolute Gasteiger partial charge is 0.159 e. The van der Waals surface area contributed by atoms with Crippen molar-refractivity contribution in [3.63, 3.8) is 0 Å². The molecule has 0 aliphatic heterocycles. The zero-order valence-corrected chi connectivity index (χ0v) is 11.4. The maximum Gasteiger partial charge on any atom is 0.159 e. The average molecular weight is 299 g/mol. The summed E-state index contributed by atoms with van der Waals surface area (Å²) in [5.74, 6) is 0. The molecule has 0 radical (unpaired) electrons. The lowest BCUT2D eigenvalue weighted by atomic mass is 10.2. The molecule has 1 atom stereocenters. The van der Waals surface area contributed by atoms with Crippen LogP contribution in [0.25, 0.3) is 0 Å². The molecule has 1 unspecified atom stereocenters. The van der Waals surface area contributed by atoms with Gasteiger partial charge in [-0.15, -0.1) is 0 Å². The molecule has 0 fully saturated rings. The highest BCUT2D eigenvalue weighted by Gasteiger charge is 2.15. The van der Waals surface area contributed by atoms with E-state index in [1.807, 2.05) is 24.3 Å². The molecule has 0 saturated heterocycles. The number of methoxy groups -OCH3 is 2. The quantitative estimate of drug-likeness (QED) is 0.821. The predicted molar refractivity (Wildman–Crippen MR) is 69.6 cm³/mol. The first kappa shape index (κ1) is 14.0. The van der Waals surface area contributed by atoms with Gasteiger partial charge in [0.25, 0.3) is 0 Å². The van der Waals surface area contributed by atoms with E-state index in [4.69, 9.17) is 14.7 Å². The lowest BCUT2D eigenvalue weighted by molar-refractivity contribution is -0.106. The minimum absolute atomic E-state index is 0.353. The first-order chi connectivity index (χ1) is 8.19. The van der Waals surface area contributed by atoms with Crippen molar-refractivity contribution in [1.29, 1.82) is 5.26 Å². The molecule has 1 N–H and O–H groups in total. The van der Waals surface area contributed by atoms with Crippen molar-refractivity contribution >= 4 is 21.6 Å². The minimum Gasteiger partial charge on any atom is -0.370 e. The second-order valence-electron chi connectivity index (χ2n) is 3.47. The fraction of sp³-hybridized carbons (Fsp3) is 0.417. The number of nitrogens with one attached hydrogen (secondary N) is 1. The molecule has 0 amide bonds. The average Bonchev–Trinajstić information content (AvgIpc) is 2.34. The molecule has 1 rings (SSSR count). The molecule has 92 valence electrons. The first-order valence-corrected chi connectivity index (χ1v) is 5.96. The molecule has 0 aliphatic carbocycles. The van der Waals surface area contributed by atoms with E-state index >= 15 is 0 Å². The fourth-order valence-corrected chi connectivity index (χ4v) is 1.80. The van der Waals surface area contributed by atoms with Crippen molar-refractivity contribution in [3.05, 3.63) is 28.7 Å². The van der Waals surface area contributed by atoms with Crippen LogP contribution in [0.5, 0.6) is 0 Å². The molecule has 0 heterocycles. The highest BCUT2D eigenvalue weighted by Crippen LogP contribution is 2.17. The molecular formula is C12H15BrN2O2.